The predicted octanol–water partition coefficient (Wildman–Crippen LogP) is 3.72. The van der Waals surface area contributed by atoms with Gasteiger partial charge in [0, 0.05) is 40.7 Å². The quantitative estimate of drug-likeness (QED) is 0.667. The van der Waals surface area contributed by atoms with Crippen molar-refractivity contribution in [1.29, 1.82) is 0 Å². The minimum absolute atomic E-state index is 0.122. The molecule has 0 fully saturated rings. The van der Waals surface area contributed by atoms with Gasteiger partial charge in [0.15, 0.2) is 0 Å². The largest absolute Gasteiger partial charge is 0.384 e. The summed E-state index contributed by atoms with van der Waals surface area (Å²) in [5.74, 6) is 0. The van der Waals surface area contributed by atoms with E-state index >= 15 is 0 Å². The van der Waals surface area contributed by atoms with Crippen molar-refractivity contribution in [3.05, 3.63) is 62.4 Å². The first-order valence-corrected chi connectivity index (χ1v) is 6.94. The molecule has 6 heteroatoms. The number of aromatic nitrogens is 1. The Morgan fingerprint density at radius 1 is 1.35 bits per heavy atom. The summed E-state index contributed by atoms with van der Waals surface area (Å²) in [6.45, 7) is 2.48. The number of hydrogen-bond donors (Lipinski definition) is 1. The number of rotatable bonds is 5. The van der Waals surface area contributed by atoms with E-state index < -0.39 is 0 Å². The lowest BCUT2D eigenvalue weighted by Gasteiger charge is -2.10. The zero-order valence-electron chi connectivity index (χ0n) is 11.0. The number of nitro groups is 1. The second-order valence-electron chi connectivity index (χ2n) is 4.41. The summed E-state index contributed by atoms with van der Waals surface area (Å²) in [7, 11) is 0. The Balaban J connectivity index is 2.03. The Morgan fingerprint density at radius 2 is 2.05 bits per heavy atom. The predicted molar refractivity (Wildman–Crippen MR) is 82.0 cm³/mol. The summed E-state index contributed by atoms with van der Waals surface area (Å²) < 4.78 is 0.699. The molecule has 0 aliphatic heterocycles. The molecule has 2 aromatic rings. The molecule has 0 saturated heterocycles. The fraction of sp³-hybridized carbons (Fsp3) is 0.214. The van der Waals surface area contributed by atoms with Crippen molar-refractivity contribution >= 4 is 27.3 Å². The van der Waals surface area contributed by atoms with E-state index in [2.05, 4.69) is 26.2 Å². The van der Waals surface area contributed by atoms with Crippen LogP contribution < -0.4 is 5.32 Å². The molecule has 0 saturated carbocycles. The highest BCUT2D eigenvalue weighted by Crippen LogP contribution is 2.30. The van der Waals surface area contributed by atoms with Crippen LogP contribution in [-0.4, -0.2) is 16.5 Å². The van der Waals surface area contributed by atoms with Crippen LogP contribution in [-0.2, 0) is 6.42 Å². The highest BCUT2D eigenvalue weighted by molar-refractivity contribution is 9.10. The maximum atomic E-state index is 10.8. The molecule has 1 aromatic carbocycles. The Bertz CT molecular complexity index is 617. The van der Waals surface area contributed by atoms with Gasteiger partial charge in [-0.1, -0.05) is 0 Å². The van der Waals surface area contributed by atoms with Crippen LogP contribution in [0.2, 0.25) is 0 Å². The lowest BCUT2D eigenvalue weighted by atomic mass is 10.1. The SMILES string of the molecule is Cc1cc(NCCc2ccncc2)c(Br)cc1[N+](=O)[O-]. The molecule has 0 aliphatic carbocycles. The summed E-state index contributed by atoms with van der Waals surface area (Å²) in [6.07, 6.45) is 4.40. The molecule has 0 radical (unpaired) electrons. The molecule has 0 aliphatic rings. The first-order valence-electron chi connectivity index (χ1n) is 6.15. The van der Waals surface area contributed by atoms with Crippen LogP contribution in [0, 0.1) is 17.0 Å². The number of pyridine rings is 1. The van der Waals surface area contributed by atoms with Crippen LogP contribution >= 0.6 is 15.9 Å². The Kier molecular flexibility index (Phi) is 4.68. The zero-order chi connectivity index (χ0) is 14.5. The highest BCUT2D eigenvalue weighted by atomic mass is 79.9. The molecule has 1 aromatic heterocycles. The van der Waals surface area contributed by atoms with Gasteiger partial charge < -0.3 is 5.32 Å². The fourth-order valence-corrected chi connectivity index (χ4v) is 2.37. The van der Waals surface area contributed by atoms with Crippen LogP contribution in [0.25, 0.3) is 0 Å². The van der Waals surface area contributed by atoms with Crippen molar-refractivity contribution in [2.75, 3.05) is 11.9 Å². The highest BCUT2D eigenvalue weighted by Gasteiger charge is 2.13. The van der Waals surface area contributed by atoms with Gasteiger partial charge in [-0.3, -0.25) is 15.1 Å². The second-order valence-corrected chi connectivity index (χ2v) is 5.26. The van der Waals surface area contributed by atoms with Crippen LogP contribution in [0.1, 0.15) is 11.1 Å². The summed E-state index contributed by atoms with van der Waals surface area (Å²) in [5, 5.41) is 14.1. The molecule has 1 N–H and O–H groups in total. The second kappa shape index (κ2) is 6.47. The van der Waals surface area contributed by atoms with Crippen LogP contribution in [0.15, 0.2) is 41.1 Å². The summed E-state index contributed by atoms with van der Waals surface area (Å²) in [5.41, 5.74) is 2.82. The number of nitrogens with one attached hydrogen (secondary N) is 1. The van der Waals surface area contributed by atoms with Gasteiger partial charge in [0.05, 0.1) is 4.92 Å². The molecule has 5 nitrogen and oxygen atoms in total. The average molecular weight is 336 g/mol. The Hall–Kier alpha value is -1.95. The first-order chi connectivity index (χ1) is 9.58. The van der Waals surface area contributed by atoms with E-state index in [4.69, 9.17) is 0 Å². The van der Waals surface area contributed by atoms with Crippen LogP contribution in [0.3, 0.4) is 0 Å². The van der Waals surface area contributed by atoms with Crippen LogP contribution in [0.4, 0.5) is 11.4 Å². The topological polar surface area (TPSA) is 68.1 Å². The number of nitrogens with zero attached hydrogens (tertiary/aromatic N) is 2. The number of anilines is 1. The summed E-state index contributed by atoms with van der Waals surface area (Å²) in [6, 6.07) is 7.26. The molecular formula is C14H14BrN3O2. The van der Waals surface area contributed by atoms with Crippen LogP contribution in [0.5, 0.6) is 0 Å². The molecule has 104 valence electrons. The van der Waals surface area contributed by atoms with Crippen molar-refractivity contribution in [1.82, 2.24) is 4.98 Å². The lowest BCUT2D eigenvalue weighted by Crippen LogP contribution is -2.06. The van der Waals surface area contributed by atoms with Gasteiger partial charge in [0.1, 0.15) is 0 Å². The minimum Gasteiger partial charge on any atom is -0.384 e. The van der Waals surface area contributed by atoms with E-state index in [-0.39, 0.29) is 10.6 Å². The molecule has 2 rings (SSSR count). The van der Waals surface area contributed by atoms with E-state index in [1.165, 1.54) is 11.6 Å². The number of aryl methyl sites for hydroxylation is 1. The van der Waals surface area contributed by atoms with Gasteiger partial charge in [-0.05, 0) is 53.0 Å². The zero-order valence-corrected chi connectivity index (χ0v) is 12.6. The van der Waals surface area contributed by atoms with E-state index in [9.17, 15) is 10.1 Å². The van der Waals surface area contributed by atoms with E-state index in [1.807, 2.05) is 12.1 Å². The molecule has 20 heavy (non-hydrogen) atoms. The normalized spacial score (nSPS) is 10.3. The van der Waals surface area contributed by atoms with E-state index in [0.29, 0.717) is 10.0 Å². The van der Waals surface area contributed by atoms with Gasteiger partial charge in [-0.25, -0.2) is 0 Å². The smallest absolute Gasteiger partial charge is 0.273 e. The summed E-state index contributed by atoms with van der Waals surface area (Å²) >= 11 is 3.36. The molecule has 0 bridgehead atoms. The number of nitro benzene ring substituents is 1. The molecule has 0 spiro atoms. The maximum Gasteiger partial charge on any atom is 0.273 e. The van der Waals surface area contributed by atoms with Crippen molar-refractivity contribution in [3.8, 4) is 0 Å². The van der Waals surface area contributed by atoms with Gasteiger partial charge in [-0.2, -0.15) is 0 Å². The number of halogens is 1. The number of benzene rings is 1. The van der Waals surface area contributed by atoms with E-state index in [0.717, 1.165) is 18.7 Å². The Morgan fingerprint density at radius 3 is 2.70 bits per heavy atom. The Labute approximate surface area is 125 Å². The maximum absolute atomic E-state index is 10.8. The monoisotopic (exact) mass is 335 g/mol. The summed E-state index contributed by atoms with van der Waals surface area (Å²) in [4.78, 5) is 14.4. The molecule has 0 amide bonds. The number of hydrogen-bond acceptors (Lipinski definition) is 4. The van der Waals surface area contributed by atoms with Gasteiger partial charge in [0.25, 0.3) is 5.69 Å². The molecule has 1 heterocycles. The third-order valence-corrected chi connectivity index (χ3v) is 3.62. The van der Waals surface area contributed by atoms with E-state index in [1.54, 1.807) is 25.4 Å². The standard InChI is InChI=1S/C14H14BrN3O2/c1-10-8-13(12(15)9-14(10)18(19)20)17-7-4-11-2-5-16-6-3-11/h2-3,5-6,8-9,17H,4,7H2,1H3. The van der Waals surface area contributed by atoms with Crippen molar-refractivity contribution < 1.29 is 4.92 Å². The molecule has 0 atom stereocenters. The van der Waals surface area contributed by atoms with Crippen molar-refractivity contribution in [3.63, 3.8) is 0 Å². The van der Waals surface area contributed by atoms with Gasteiger partial charge in [0.2, 0.25) is 0 Å². The third-order valence-electron chi connectivity index (χ3n) is 2.96. The molecular weight excluding hydrogens is 322 g/mol. The van der Waals surface area contributed by atoms with Crippen molar-refractivity contribution in [2.45, 2.75) is 13.3 Å². The van der Waals surface area contributed by atoms with Gasteiger partial charge in [-0.15, -0.1) is 0 Å². The third kappa shape index (κ3) is 3.54. The average Bonchev–Trinajstić information content (AvgIpc) is 2.43. The van der Waals surface area contributed by atoms with Crippen molar-refractivity contribution in [2.24, 2.45) is 0 Å². The lowest BCUT2D eigenvalue weighted by molar-refractivity contribution is -0.385. The minimum atomic E-state index is -0.374. The van der Waals surface area contributed by atoms with Gasteiger partial charge >= 0.3 is 0 Å². The first kappa shape index (κ1) is 14.5. The molecule has 0 unspecified atom stereocenters. The fourth-order valence-electron chi connectivity index (χ4n) is 1.89.